The van der Waals surface area contributed by atoms with Crippen LogP contribution >= 0.6 is 34.4 Å². The molecule has 1 N–H and O–H groups in total. The summed E-state index contributed by atoms with van der Waals surface area (Å²) < 4.78 is 3.18. The lowest BCUT2D eigenvalue weighted by molar-refractivity contribution is -0.118. The predicted molar refractivity (Wildman–Crippen MR) is 95.3 cm³/mol. The molecule has 116 valence electrons. The van der Waals surface area contributed by atoms with Crippen LogP contribution in [0.25, 0.3) is 15.2 Å². The fourth-order valence-corrected chi connectivity index (χ4v) is 4.67. The van der Waals surface area contributed by atoms with Crippen molar-refractivity contribution < 1.29 is 4.79 Å². The van der Waals surface area contributed by atoms with Gasteiger partial charge in [-0.25, -0.2) is 0 Å². The molecule has 4 rings (SSSR count). The van der Waals surface area contributed by atoms with E-state index in [9.17, 15) is 4.79 Å². The van der Waals surface area contributed by atoms with E-state index >= 15 is 0 Å². The van der Waals surface area contributed by atoms with Gasteiger partial charge in [-0.15, -0.1) is 21.5 Å². The van der Waals surface area contributed by atoms with Crippen LogP contribution in [0.1, 0.15) is 4.88 Å². The largest absolute Gasteiger partial charge is 0.350 e. The minimum atomic E-state index is -0.000292. The van der Waals surface area contributed by atoms with E-state index in [0.717, 1.165) is 20.5 Å². The third-order valence-electron chi connectivity index (χ3n) is 3.28. The lowest BCUT2D eigenvalue weighted by Gasteiger charge is -2.02. The van der Waals surface area contributed by atoms with Crippen molar-refractivity contribution in [3.63, 3.8) is 0 Å². The zero-order valence-corrected chi connectivity index (χ0v) is 14.4. The normalized spacial score (nSPS) is 11.3. The van der Waals surface area contributed by atoms with Gasteiger partial charge in [0.1, 0.15) is 0 Å². The quantitative estimate of drug-likeness (QED) is 0.554. The van der Waals surface area contributed by atoms with Gasteiger partial charge in [0, 0.05) is 4.88 Å². The van der Waals surface area contributed by atoms with E-state index in [1.54, 1.807) is 22.7 Å². The summed E-state index contributed by atoms with van der Waals surface area (Å²) in [5.41, 5.74) is 1.08. The number of nitrogens with zero attached hydrogens (tertiary/aromatic N) is 3. The van der Waals surface area contributed by atoms with Crippen LogP contribution in [0.4, 0.5) is 0 Å². The van der Waals surface area contributed by atoms with Gasteiger partial charge in [0.05, 0.1) is 22.5 Å². The molecule has 4 aromatic rings. The van der Waals surface area contributed by atoms with Crippen LogP contribution in [0, 0.1) is 0 Å². The molecule has 1 aromatic carbocycles. The molecule has 0 unspecified atom stereocenters. The summed E-state index contributed by atoms with van der Waals surface area (Å²) in [5, 5.41) is 14.1. The van der Waals surface area contributed by atoms with E-state index in [0.29, 0.717) is 12.3 Å². The van der Waals surface area contributed by atoms with Crippen molar-refractivity contribution >= 4 is 55.5 Å². The molecule has 0 aliphatic carbocycles. The van der Waals surface area contributed by atoms with Crippen LogP contribution in [-0.4, -0.2) is 26.3 Å². The van der Waals surface area contributed by atoms with Crippen LogP contribution in [0.2, 0.25) is 0 Å². The van der Waals surface area contributed by atoms with Crippen molar-refractivity contribution in [2.24, 2.45) is 0 Å². The average molecular weight is 360 g/mol. The number of hydrogen-bond donors (Lipinski definition) is 1. The van der Waals surface area contributed by atoms with E-state index in [-0.39, 0.29) is 5.91 Å². The van der Waals surface area contributed by atoms with Crippen molar-refractivity contribution in [3.05, 3.63) is 46.7 Å². The SMILES string of the molecule is O=C(CSc1nnc2sc3ccccc3n12)NCc1cccs1. The van der Waals surface area contributed by atoms with Gasteiger partial charge >= 0.3 is 0 Å². The summed E-state index contributed by atoms with van der Waals surface area (Å²) in [6.45, 7) is 0.577. The van der Waals surface area contributed by atoms with Crippen LogP contribution in [-0.2, 0) is 11.3 Å². The Hall–Kier alpha value is -1.90. The predicted octanol–water partition coefficient (Wildman–Crippen LogP) is 3.41. The number of amides is 1. The molecule has 0 fully saturated rings. The van der Waals surface area contributed by atoms with Gasteiger partial charge in [-0.3, -0.25) is 9.20 Å². The van der Waals surface area contributed by atoms with Gasteiger partial charge in [0.2, 0.25) is 10.9 Å². The number of thiazole rings is 1. The third kappa shape index (κ3) is 2.97. The lowest BCUT2D eigenvalue weighted by Crippen LogP contribution is -2.24. The topological polar surface area (TPSA) is 59.3 Å². The average Bonchev–Trinajstić information content (AvgIpc) is 3.27. The molecule has 5 nitrogen and oxygen atoms in total. The molecular weight excluding hydrogens is 348 g/mol. The Morgan fingerprint density at radius 2 is 2.13 bits per heavy atom. The zero-order chi connectivity index (χ0) is 15.6. The first-order valence-electron chi connectivity index (χ1n) is 6.96. The monoisotopic (exact) mass is 360 g/mol. The Morgan fingerprint density at radius 1 is 1.22 bits per heavy atom. The Balaban J connectivity index is 1.46. The van der Waals surface area contributed by atoms with E-state index in [1.807, 2.05) is 40.1 Å². The number of para-hydroxylation sites is 1. The number of benzene rings is 1. The smallest absolute Gasteiger partial charge is 0.230 e. The number of aromatic nitrogens is 3. The Bertz CT molecular complexity index is 958. The van der Waals surface area contributed by atoms with Gasteiger partial charge < -0.3 is 5.32 Å². The van der Waals surface area contributed by atoms with Crippen molar-refractivity contribution in [1.29, 1.82) is 0 Å². The molecule has 0 saturated carbocycles. The fraction of sp³-hybridized carbons (Fsp3) is 0.133. The first-order valence-corrected chi connectivity index (χ1v) is 9.64. The molecule has 0 saturated heterocycles. The molecule has 1 amide bonds. The van der Waals surface area contributed by atoms with Crippen LogP contribution in [0.15, 0.2) is 46.9 Å². The summed E-state index contributed by atoms with van der Waals surface area (Å²) in [4.78, 5) is 14.0. The zero-order valence-electron chi connectivity index (χ0n) is 11.9. The van der Waals surface area contributed by atoms with Crippen LogP contribution < -0.4 is 5.32 Å². The summed E-state index contributed by atoms with van der Waals surface area (Å²) in [5.74, 6) is 0.329. The van der Waals surface area contributed by atoms with Crippen molar-refractivity contribution in [2.75, 3.05) is 5.75 Å². The van der Waals surface area contributed by atoms with Crippen LogP contribution in [0.3, 0.4) is 0 Å². The summed E-state index contributed by atoms with van der Waals surface area (Å²) >= 11 is 4.65. The highest BCUT2D eigenvalue weighted by molar-refractivity contribution is 7.99. The molecule has 0 aliphatic heterocycles. The molecule has 0 atom stereocenters. The highest BCUT2D eigenvalue weighted by atomic mass is 32.2. The number of fused-ring (bicyclic) bond motifs is 3. The van der Waals surface area contributed by atoms with Crippen molar-refractivity contribution in [1.82, 2.24) is 19.9 Å². The molecule has 23 heavy (non-hydrogen) atoms. The summed E-state index contributed by atoms with van der Waals surface area (Å²) in [7, 11) is 0. The van der Waals surface area contributed by atoms with Gasteiger partial charge in [0.25, 0.3) is 0 Å². The number of hydrogen-bond acceptors (Lipinski definition) is 6. The molecule has 0 radical (unpaired) electrons. The first-order chi connectivity index (χ1) is 11.3. The molecule has 3 aromatic heterocycles. The minimum Gasteiger partial charge on any atom is -0.350 e. The molecule has 0 spiro atoms. The van der Waals surface area contributed by atoms with E-state index < -0.39 is 0 Å². The first kappa shape index (κ1) is 14.7. The van der Waals surface area contributed by atoms with Gasteiger partial charge in [-0.2, -0.15) is 0 Å². The molecule has 8 heteroatoms. The maximum Gasteiger partial charge on any atom is 0.230 e. The van der Waals surface area contributed by atoms with E-state index in [1.165, 1.54) is 16.5 Å². The van der Waals surface area contributed by atoms with E-state index in [4.69, 9.17) is 0 Å². The number of carbonyl (C=O) groups is 1. The van der Waals surface area contributed by atoms with Gasteiger partial charge in [-0.05, 0) is 23.6 Å². The lowest BCUT2D eigenvalue weighted by atomic mass is 10.3. The van der Waals surface area contributed by atoms with Gasteiger partial charge in [0.15, 0.2) is 5.16 Å². The van der Waals surface area contributed by atoms with E-state index in [2.05, 4.69) is 21.6 Å². The summed E-state index contributed by atoms with van der Waals surface area (Å²) in [6, 6.07) is 12.1. The standard InChI is InChI=1S/C15H12N4OS3/c20-13(16-8-10-4-3-7-21-10)9-22-14-17-18-15-19(14)11-5-1-2-6-12(11)23-15/h1-7H,8-9H2,(H,16,20). The number of nitrogens with one attached hydrogen (secondary N) is 1. The number of thiophene rings is 1. The number of carbonyl (C=O) groups excluding carboxylic acids is 1. The second-order valence-corrected chi connectivity index (χ2v) is 7.80. The number of thioether (sulfide) groups is 1. The molecular formula is C15H12N4OS3. The fourth-order valence-electron chi connectivity index (χ4n) is 2.23. The number of rotatable bonds is 5. The second-order valence-electron chi connectivity index (χ2n) is 4.82. The molecule has 0 bridgehead atoms. The Labute approximate surface area is 144 Å². The van der Waals surface area contributed by atoms with Crippen molar-refractivity contribution in [2.45, 2.75) is 11.7 Å². The Kier molecular flexibility index (Phi) is 4.02. The Morgan fingerprint density at radius 3 is 3.00 bits per heavy atom. The molecule has 0 aliphatic rings. The highest BCUT2D eigenvalue weighted by Gasteiger charge is 2.13. The maximum atomic E-state index is 12.0. The maximum absolute atomic E-state index is 12.0. The van der Waals surface area contributed by atoms with Crippen molar-refractivity contribution in [3.8, 4) is 0 Å². The second kappa shape index (κ2) is 6.31. The molecule has 3 heterocycles. The third-order valence-corrected chi connectivity index (χ3v) is 6.10. The minimum absolute atomic E-state index is 0.000292. The van der Waals surface area contributed by atoms with Crippen LogP contribution in [0.5, 0.6) is 0 Å². The highest BCUT2D eigenvalue weighted by Crippen LogP contribution is 2.29. The summed E-state index contributed by atoms with van der Waals surface area (Å²) in [6.07, 6.45) is 0. The van der Waals surface area contributed by atoms with Gasteiger partial charge in [-0.1, -0.05) is 41.3 Å².